The number of piperidine rings is 2. The van der Waals surface area contributed by atoms with Crippen molar-refractivity contribution in [2.75, 3.05) is 33.2 Å². The summed E-state index contributed by atoms with van der Waals surface area (Å²) in [4.78, 5) is 2.47. The second-order valence-electron chi connectivity index (χ2n) is 3.85. The molecule has 0 amide bonds. The maximum absolute atomic E-state index is 3.48. The van der Waals surface area contributed by atoms with Crippen molar-refractivity contribution in [1.29, 1.82) is 0 Å². The quantitative estimate of drug-likeness (QED) is 0.515. The Labute approximate surface area is 62.6 Å². The fraction of sp³-hybridized carbons (Fsp3) is 1.00. The molecule has 2 heteroatoms. The highest BCUT2D eigenvalue weighted by molar-refractivity contribution is 4.84. The first-order valence-electron chi connectivity index (χ1n) is 4.24. The molecule has 2 aliphatic rings. The summed E-state index contributed by atoms with van der Waals surface area (Å²) in [5.74, 6) is 1.88. The van der Waals surface area contributed by atoms with Gasteiger partial charge in [0, 0.05) is 13.1 Å². The zero-order valence-corrected chi connectivity index (χ0v) is 6.64. The van der Waals surface area contributed by atoms with Crippen molar-refractivity contribution in [1.82, 2.24) is 10.2 Å². The predicted molar refractivity (Wildman–Crippen MR) is 42.0 cm³/mol. The van der Waals surface area contributed by atoms with Gasteiger partial charge in [-0.1, -0.05) is 0 Å². The van der Waals surface area contributed by atoms with Gasteiger partial charge < -0.3 is 10.2 Å². The Morgan fingerprint density at radius 1 is 1.20 bits per heavy atom. The van der Waals surface area contributed by atoms with Crippen molar-refractivity contribution in [3.05, 3.63) is 0 Å². The van der Waals surface area contributed by atoms with Gasteiger partial charge in [0.2, 0.25) is 0 Å². The van der Waals surface area contributed by atoms with Crippen LogP contribution in [0.2, 0.25) is 0 Å². The Kier molecular flexibility index (Phi) is 1.66. The summed E-state index contributed by atoms with van der Waals surface area (Å²) in [6.07, 6.45) is 1.47. The van der Waals surface area contributed by atoms with Crippen LogP contribution in [0, 0.1) is 11.8 Å². The summed E-state index contributed by atoms with van der Waals surface area (Å²) in [5, 5.41) is 3.48. The minimum atomic E-state index is 0.942. The SMILES string of the molecule is CN1CC2CNCC(C2)C1. The number of hydrogen-bond donors (Lipinski definition) is 1. The summed E-state index contributed by atoms with van der Waals surface area (Å²) in [6, 6.07) is 0. The highest BCUT2D eigenvalue weighted by Crippen LogP contribution is 2.22. The van der Waals surface area contributed by atoms with E-state index in [9.17, 15) is 0 Å². The fourth-order valence-corrected chi connectivity index (χ4v) is 2.36. The van der Waals surface area contributed by atoms with Crippen LogP contribution in [0.5, 0.6) is 0 Å². The molecule has 0 saturated carbocycles. The van der Waals surface area contributed by atoms with Crippen LogP contribution >= 0.6 is 0 Å². The number of fused-ring (bicyclic) bond motifs is 2. The van der Waals surface area contributed by atoms with E-state index in [1.54, 1.807) is 0 Å². The first-order valence-corrected chi connectivity index (χ1v) is 4.24. The Hall–Kier alpha value is -0.0800. The lowest BCUT2D eigenvalue weighted by atomic mass is 9.86. The number of hydrogen-bond acceptors (Lipinski definition) is 2. The molecule has 2 bridgehead atoms. The first-order chi connectivity index (χ1) is 4.84. The molecule has 2 atom stereocenters. The average Bonchev–Trinajstić information content (AvgIpc) is 1.85. The highest BCUT2D eigenvalue weighted by atomic mass is 15.1. The standard InChI is InChI=1S/C8H16N2/c1-10-5-7-2-8(6-10)4-9-3-7/h7-9H,2-6H2,1H3. The summed E-state index contributed by atoms with van der Waals surface area (Å²) >= 11 is 0. The lowest BCUT2D eigenvalue weighted by Crippen LogP contribution is -2.49. The third-order valence-electron chi connectivity index (χ3n) is 2.67. The molecule has 0 aromatic rings. The first kappa shape index (κ1) is 6.62. The molecule has 0 aromatic carbocycles. The number of likely N-dealkylation sites (tertiary alicyclic amines) is 1. The van der Waals surface area contributed by atoms with E-state index in [0.29, 0.717) is 0 Å². The molecule has 2 fully saturated rings. The molecule has 2 aliphatic heterocycles. The lowest BCUT2D eigenvalue weighted by Gasteiger charge is -2.39. The number of nitrogens with zero attached hydrogens (tertiary/aromatic N) is 1. The molecule has 2 nitrogen and oxygen atoms in total. The van der Waals surface area contributed by atoms with Crippen molar-refractivity contribution in [2.24, 2.45) is 11.8 Å². The van der Waals surface area contributed by atoms with Crippen LogP contribution in [-0.2, 0) is 0 Å². The van der Waals surface area contributed by atoms with Crippen molar-refractivity contribution in [2.45, 2.75) is 6.42 Å². The highest BCUT2D eigenvalue weighted by Gasteiger charge is 2.28. The lowest BCUT2D eigenvalue weighted by molar-refractivity contribution is 0.119. The third-order valence-corrected chi connectivity index (χ3v) is 2.67. The molecule has 0 spiro atoms. The number of nitrogens with one attached hydrogen (secondary N) is 1. The van der Waals surface area contributed by atoms with E-state index in [0.717, 1.165) is 11.8 Å². The molecule has 2 heterocycles. The van der Waals surface area contributed by atoms with E-state index in [2.05, 4.69) is 17.3 Å². The van der Waals surface area contributed by atoms with Crippen molar-refractivity contribution >= 4 is 0 Å². The molecule has 0 aliphatic carbocycles. The summed E-state index contributed by atoms with van der Waals surface area (Å²) in [7, 11) is 2.24. The van der Waals surface area contributed by atoms with Crippen LogP contribution in [0.15, 0.2) is 0 Å². The smallest absolute Gasteiger partial charge is 0.00190 e. The summed E-state index contributed by atoms with van der Waals surface area (Å²) < 4.78 is 0. The second kappa shape index (κ2) is 2.51. The van der Waals surface area contributed by atoms with Gasteiger partial charge in [-0.3, -0.25) is 0 Å². The zero-order valence-electron chi connectivity index (χ0n) is 6.64. The normalized spacial score (nSPS) is 41.7. The Morgan fingerprint density at radius 2 is 1.80 bits per heavy atom. The largest absolute Gasteiger partial charge is 0.316 e. The minimum absolute atomic E-state index is 0.942. The molecule has 58 valence electrons. The zero-order chi connectivity index (χ0) is 6.97. The second-order valence-corrected chi connectivity index (χ2v) is 3.85. The van der Waals surface area contributed by atoms with Gasteiger partial charge in [0.05, 0.1) is 0 Å². The molecule has 10 heavy (non-hydrogen) atoms. The molecular formula is C8H16N2. The molecule has 2 unspecified atom stereocenters. The minimum Gasteiger partial charge on any atom is -0.316 e. The molecule has 0 radical (unpaired) electrons. The van der Waals surface area contributed by atoms with Crippen LogP contribution in [0.1, 0.15) is 6.42 Å². The van der Waals surface area contributed by atoms with E-state index in [1.165, 1.54) is 32.6 Å². The topological polar surface area (TPSA) is 15.3 Å². The monoisotopic (exact) mass is 140 g/mol. The summed E-state index contributed by atoms with van der Waals surface area (Å²) in [5.41, 5.74) is 0. The van der Waals surface area contributed by atoms with Crippen molar-refractivity contribution < 1.29 is 0 Å². The van der Waals surface area contributed by atoms with Crippen molar-refractivity contribution in [3.63, 3.8) is 0 Å². The Morgan fingerprint density at radius 3 is 2.40 bits per heavy atom. The molecule has 2 rings (SSSR count). The van der Waals surface area contributed by atoms with Gasteiger partial charge in [0.25, 0.3) is 0 Å². The van der Waals surface area contributed by atoms with Gasteiger partial charge in [-0.05, 0) is 38.4 Å². The van der Waals surface area contributed by atoms with E-state index < -0.39 is 0 Å². The van der Waals surface area contributed by atoms with Crippen molar-refractivity contribution in [3.8, 4) is 0 Å². The van der Waals surface area contributed by atoms with Gasteiger partial charge in [0.15, 0.2) is 0 Å². The Balaban J connectivity index is 1.98. The maximum atomic E-state index is 3.48. The van der Waals surface area contributed by atoms with Crippen LogP contribution in [-0.4, -0.2) is 38.1 Å². The maximum Gasteiger partial charge on any atom is 0.00190 e. The van der Waals surface area contributed by atoms with Gasteiger partial charge in [-0.15, -0.1) is 0 Å². The van der Waals surface area contributed by atoms with E-state index >= 15 is 0 Å². The molecule has 2 saturated heterocycles. The van der Waals surface area contributed by atoms with E-state index in [1.807, 2.05) is 0 Å². The van der Waals surface area contributed by atoms with Crippen LogP contribution < -0.4 is 5.32 Å². The van der Waals surface area contributed by atoms with Gasteiger partial charge in [-0.2, -0.15) is 0 Å². The third kappa shape index (κ3) is 1.18. The number of rotatable bonds is 0. The van der Waals surface area contributed by atoms with Crippen LogP contribution in [0.3, 0.4) is 0 Å². The predicted octanol–water partition coefficient (Wildman–Crippen LogP) is 0.157. The Bertz CT molecular complexity index is 108. The average molecular weight is 140 g/mol. The van der Waals surface area contributed by atoms with Crippen LogP contribution in [0.4, 0.5) is 0 Å². The molecular weight excluding hydrogens is 124 g/mol. The van der Waals surface area contributed by atoms with Gasteiger partial charge >= 0.3 is 0 Å². The molecule has 0 aromatic heterocycles. The fourth-order valence-electron chi connectivity index (χ4n) is 2.36. The van der Waals surface area contributed by atoms with E-state index in [-0.39, 0.29) is 0 Å². The van der Waals surface area contributed by atoms with Gasteiger partial charge in [-0.25, -0.2) is 0 Å². The molecule has 1 N–H and O–H groups in total. The summed E-state index contributed by atoms with van der Waals surface area (Å²) in [6.45, 7) is 5.12. The van der Waals surface area contributed by atoms with Crippen LogP contribution in [0.25, 0.3) is 0 Å². The van der Waals surface area contributed by atoms with Gasteiger partial charge in [0.1, 0.15) is 0 Å². The van der Waals surface area contributed by atoms with E-state index in [4.69, 9.17) is 0 Å².